The van der Waals surface area contributed by atoms with E-state index >= 15 is 0 Å². The number of benzene rings is 2. The van der Waals surface area contributed by atoms with Gasteiger partial charge in [-0.2, -0.15) is 4.31 Å². The maximum atomic E-state index is 12.9. The molecule has 2 N–H and O–H groups in total. The van der Waals surface area contributed by atoms with Crippen LogP contribution in [0.15, 0.2) is 41.3 Å². The standard InChI is InChI=1S/C21H24Cl2N4O4S/c1-14-5-3-8-18(15(14)2)24-21(29)25-19(28)13-26-9-11-27(12-10-26)32(30,31)20-16(22)6-4-7-17(20)23/h3-8H,9-13H2,1-2H3,(H2,24,25,28,29). The average Bonchev–Trinajstić information content (AvgIpc) is 2.71. The highest BCUT2D eigenvalue weighted by atomic mass is 35.5. The molecule has 1 aliphatic rings. The van der Waals surface area contributed by atoms with Crippen LogP contribution in [0.3, 0.4) is 0 Å². The predicted octanol–water partition coefficient (Wildman–Crippen LogP) is 3.26. The van der Waals surface area contributed by atoms with E-state index in [1.54, 1.807) is 17.0 Å². The zero-order valence-electron chi connectivity index (χ0n) is 17.7. The third-order valence-corrected chi connectivity index (χ3v) is 8.18. The summed E-state index contributed by atoms with van der Waals surface area (Å²) in [6, 6.07) is 9.44. The summed E-state index contributed by atoms with van der Waals surface area (Å²) in [6.07, 6.45) is 0. The first-order valence-electron chi connectivity index (χ1n) is 9.93. The van der Waals surface area contributed by atoms with Gasteiger partial charge in [0.05, 0.1) is 16.6 Å². The molecular formula is C21H24Cl2N4O4S. The number of hydrogen-bond acceptors (Lipinski definition) is 5. The molecule has 8 nitrogen and oxygen atoms in total. The van der Waals surface area contributed by atoms with Crippen molar-refractivity contribution in [2.45, 2.75) is 18.7 Å². The lowest BCUT2D eigenvalue weighted by Crippen LogP contribution is -2.51. The quantitative estimate of drug-likeness (QED) is 0.658. The van der Waals surface area contributed by atoms with Crippen molar-refractivity contribution in [2.24, 2.45) is 0 Å². The number of piperazine rings is 1. The topological polar surface area (TPSA) is 98.8 Å². The van der Waals surface area contributed by atoms with Crippen molar-refractivity contribution in [2.75, 3.05) is 38.0 Å². The fraction of sp³-hybridized carbons (Fsp3) is 0.333. The third-order valence-electron chi connectivity index (χ3n) is 5.32. The van der Waals surface area contributed by atoms with Crippen molar-refractivity contribution in [3.05, 3.63) is 57.6 Å². The minimum absolute atomic E-state index is 0.0268. The maximum absolute atomic E-state index is 12.9. The number of nitrogens with one attached hydrogen (secondary N) is 2. The number of anilines is 1. The van der Waals surface area contributed by atoms with Gasteiger partial charge in [-0.15, -0.1) is 0 Å². The highest BCUT2D eigenvalue weighted by Gasteiger charge is 2.32. The first kappa shape index (κ1) is 24.5. The molecule has 0 atom stereocenters. The summed E-state index contributed by atoms with van der Waals surface area (Å²) in [5.74, 6) is -0.474. The van der Waals surface area contributed by atoms with Crippen LogP contribution in [-0.2, 0) is 14.8 Å². The highest BCUT2D eigenvalue weighted by molar-refractivity contribution is 7.89. The molecule has 2 aromatic carbocycles. The van der Waals surface area contributed by atoms with Crippen LogP contribution < -0.4 is 10.6 Å². The van der Waals surface area contributed by atoms with E-state index in [2.05, 4.69) is 10.6 Å². The van der Waals surface area contributed by atoms with Crippen LogP contribution >= 0.6 is 23.2 Å². The molecule has 32 heavy (non-hydrogen) atoms. The summed E-state index contributed by atoms with van der Waals surface area (Å²) in [4.78, 5) is 26.1. The van der Waals surface area contributed by atoms with E-state index in [4.69, 9.17) is 23.2 Å². The summed E-state index contributed by atoms with van der Waals surface area (Å²) in [5, 5.41) is 5.11. The second-order valence-electron chi connectivity index (χ2n) is 7.48. The number of nitrogens with zero attached hydrogens (tertiary/aromatic N) is 2. The van der Waals surface area contributed by atoms with Crippen LogP contribution in [-0.4, -0.2) is 62.3 Å². The molecule has 1 aliphatic heterocycles. The molecule has 3 rings (SSSR count). The molecule has 0 unspecified atom stereocenters. The second kappa shape index (κ2) is 10.2. The molecule has 0 aliphatic carbocycles. The minimum Gasteiger partial charge on any atom is -0.307 e. The number of amides is 3. The first-order chi connectivity index (χ1) is 15.1. The summed E-state index contributed by atoms with van der Waals surface area (Å²) in [6.45, 7) is 4.79. The predicted molar refractivity (Wildman–Crippen MR) is 125 cm³/mol. The summed E-state index contributed by atoms with van der Waals surface area (Å²) in [5.41, 5.74) is 2.58. The van der Waals surface area contributed by atoms with Crippen LogP contribution in [0.2, 0.25) is 10.0 Å². The average molecular weight is 499 g/mol. The van der Waals surface area contributed by atoms with Gasteiger partial charge in [0.1, 0.15) is 4.90 Å². The Hall–Kier alpha value is -2.17. The molecule has 1 heterocycles. The van der Waals surface area contributed by atoms with Gasteiger partial charge in [0.2, 0.25) is 15.9 Å². The lowest BCUT2D eigenvalue weighted by molar-refractivity contribution is -0.121. The van der Waals surface area contributed by atoms with E-state index in [-0.39, 0.29) is 34.6 Å². The molecule has 0 bridgehead atoms. The third kappa shape index (κ3) is 5.60. The Labute approximate surface area is 197 Å². The number of aryl methyl sites for hydroxylation is 1. The lowest BCUT2D eigenvalue weighted by atomic mass is 10.1. The summed E-state index contributed by atoms with van der Waals surface area (Å²) < 4.78 is 27.2. The lowest BCUT2D eigenvalue weighted by Gasteiger charge is -2.33. The monoisotopic (exact) mass is 498 g/mol. The molecule has 0 aromatic heterocycles. The second-order valence-corrected chi connectivity index (χ2v) is 10.2. The smallest absolute Gasteiger partial charge is 0.307 e. The Kier molecular flexibility index (Phi) is 7.79. The molecule has 2 aromatic rings. The Morgan fingerprint density at radius 2 is 1.56 bits per heavy atom. The van der Waals surface area contributed by atoms with Gasteiger partial charge in [-0.25, -0.2) is 13.2 Å². The van der Waals surface area contributed by atoms with Gasteiger partial charge in [-0.3, -0.25) is 15.0 Å². The largest absolute Gasteiger partial charge is 0.325 e. The number of rotatable bonds is 5. The van der Waals surface area contributed by atoms with Gasteiger partial charge >= 0.3 is 6.03 Å². The van der Waals surface area contributed by atoms with E-state index in [1.807, 2.05) is 26.0 Å². The fourth-order valence-electron chi connectivity index (χ4n) is 3.40. The van der Waals surface area contributed by atoms with Crippen LogP contribution in [0.4, 0.5) is 10.5 Å². The number of carbonyl (C=O) groups excluding carboxylic acids is 2. The van der Waals surface area contributed by atoms with Gasteiger partial charge < -0.3 is 5.32 Å². The van der Waals surface area contributed by atoms with E-state index in [0.717, 1.165) is 11.1 Å². The molecule has 1 saturated heterocycles. The normalized spacial score (nSPS) is 15.4. The fourth-order valence-corrected chi connectivity index (χ4v) is 5.91. The van der Waals surface area contributed by atoms with Crippen LogP contribution in [0, 0.1) is 13.8 Å². The van der Waals surface area contributed by atoms with E-state index in [1.165, 1.54) is 16.4 Å². The summed E-state index contributed by atoms with van der Waals surface area (Å²) >= 11 is 12.1. The number of halogens is 2. The minimum atomic E-state index is -3.86. The molecule has 3 amide bonds. The van der Waals surface area contributed by atoms with Gasteiger partial charge in [0, 0.05) is 31.9 Å². The van der Waals surface area contributed by atoms with Crippen molar-refractivity contribution in [1.29, 1.82) is 0 Å². The zero-order valence-corrected chi connectivity index (χ0v) is 20.0. The van der Waals surface area contributed by atoms with Gasteiger partial charge in [0.15, 0.2) is 0 Å². The Morgan fingerprint density at radius 1 is 0.969 bits per heavy atom. The van der Waals surface area contributed by atoms with Crippen LogP contribution in [0.25, 0.3) is 0 Å². The van der Waals surface area contributed by atoms with Crippen molar-refractivity contribution < 1.29 is 18.0 Å². The Balaban J connectivity index is 1.53. The van der Waals surface area contributed by atoms with Gasteiger partial charge in [-0.05, 0) is 43.2 Å². The number of imide groups is 1. The van der Waals surface area contributed by atoms with Crippen LogP contribution in [0.1, 0.15) is 11.1 Å². The SMILES string of the molecule is Cc1cccc(NC(=O)NC(=O)CN2CCN(S(=O)(=O)c3c(Cl)cccc3Cl)CC2)c1C. The molecule has 172 valence electrons. The zero-order chi connectivity index (χ0) is 23.5. The van der Waals surface area contributed by atoms with Crippen molar-refractivity contribution in [3.63, 3.8) is 0 Å². The molecule has 0 saturated carbocycles. The molecule has 1 fully saturated rings. The van der Waals surface area contributed by atoms with E-state index in [0.29, 0.717) is 18.8 Å². The number of sulfonamides is 1. The summed E-state index contributed by atoms with van der Waals surface area (Å²) in [7, 11) is -3.86. The van der Waals surface area contributed by atoms with Crippen molar-refractivity contribution in [1.82, 2.24) is 14.5 Å². The van der Waals surface area contributed by atoms with E-state index in [9.17, 15) is 18.0 Å². The number of carbonyl (C=O) groups is 2. The van der Waals surface area contributed by atoms with Gasteiger partial charge in [0.25, 0.3) is 0 Å². The number of urea groups is 1. The van der Waals surface area contributed by atoms with Crippen molar-refractivity contribution >= 4 is 50.9 Å². The highest BCUT2D eigenvalue weighted by Crippen LogP contribution is 2.31. The van der Waals surface area contributed by atoms with Crippen LogP contribution in [0.5, 0.6) is 0 Å². The molecule has 0 spiro atoms. The molecule has 11 heteroatoms. The van der Waals surface area contributed by atoms with Gasteiger partial charge in [-0.1, -0.05) is 41.4 Å². The molecular weight excluding hydrogens is 475 g/mol. The Bertz CT molecular complexity index is 1110. The molecule has 0 radical (unpaired) electrons. The van der Waals surface area contributed by atoms with Crippen molar-refractivity contribution in [3.8, 4) is 0 Å². The number of hydrogen-bond donors (Lipinski definition) is 2. The first-order valence-corrected chi connectivity index (χ1v) is 12.1. The Morgan fingerprint density at radius 3 is 2.19 bits per heavy atom. The van der Waals surface area contributed by atoms with E-state index < -0.39 is 22.0 Å². The maximum Gasteiger partial charge on any atom is 0.325 e.